The molecule has 1 saturated heterocycles. The second-order valence-corrected chi connectivity index (χ2v) is 7.57. The molecule has 1 amide bonds. The van der Waals surface area contributed by atoms with Gasteiger partial charge in [0.1, 0.15) is 18.6 Å². The molecule has 3 aliphatic rings. The van der Waals surface area contributed by atoms with Gasteiger partial charge in [-0.25, -0.2) is 14.5 Å². The summed E-state index contributed by atoms with van der Waals surface area (Å²) in [4.78, 5) is 33.7. The molecular weight excluding hydrogens is 386 g/mol. The molecule has 0 radical (unpaired) electrons. The van der Waals surface area contributed by atoms with Crippen LogP contribution in [0, 0.1) is 6.92 Å². The highest BCUT2D eigenvalue weighted by atomic mass is 16.5. The molecule has 3 aromatic heterocycles. The third kappa shape index (κ3) is 2.62. The van der Waals surface area contributed by atoms with E-state index in [9.17, 15) is 4.79 Å². The molecule has 3 aliphatic heterocycles. The summed E-state index contributed by atoms with van der Waals surface area (Å²) in [6.07, 6.45) is 6.85. The Morgan fingerprint density at radius 1 is 1.23 bits per heavy atom. The lowest BCUT2D eigenvalue weighted by atomic mass is 10.1. The van der Waals surface area contributed by atoms with Gasteiger partial charge in [0, 0.05) is 19.3 Å². The van der Waals surface area contributed by atoms with Crippen LogP contribution in [0.15, 0.2) is 29.8 Å². The molecule has 0 unspecified atom stereocenters. The number of aromatic nitrogens is 5. The van der Waals surface area contributed by atoms with Gasteiger partial charge in [-0.2, -0.15) is 15.1 Å². The van der Waals surface area contributed by atoms with Crippen LogP contribution >= 0.6 is 0 Å². The van der Waals surface area contributed by atoms with E-state index in [-0.39, 0.29) is 18.5 Å². The summed E-state index contributed by atoms with van der Waals surface area (Å²) >= 11 is 0. The summed E-state index contributed by atoms with van der Waals surface area (Å²) in [6.45, 7) is 3.59. The summed E-state index contributed by atoms with van der Waals surface area (Å²) in [5, 5.41) is 7.48. The van der Waals surface area contributed by atoms with Gasteiger partial charge in [-0.1, -0.05) is 0 Å². The van der Waals surface area contributed by atoms with Gasteiger partial charge in [-0.3, -0.25) is 14.6 Å². The van der Waals surface area contributed by atoms with Crippen molar-refractivity contribution < 1.29 is 9.53 Å². The fourth-order valence-corrected chi connectivity index (χ4v) is 4.17. The standard InChI is InChI=1S/C19H19N9O2/c1-11-6-15-21-10-22-27(15)8-13(11)23-18-20-7-14-17(25-18)28(12-2-4-30-5-3-12)19-24-16(29)9-26(14)19/h6-8,10,12H,2-5,9H2,1H3,(H,20,23,25). The third-order valence-electron chi connectivity index (χ3n) is 5.67. The van der Waals surface area contributed by atoms with E-state index in [2.05, 4.69) is 30.3 Å². The minimum atomic E-state index is -0.147. The van der Waals surface area contributed by atoms with Gasteiger partial charge in [-0.15, -0.1) is 0 Å². The van der Waals surface area contributed by atoms with Gasteiger partial charge in [0.25, 0.3) is 5.91 Å². The molecule has 0 bridgehead atoms. The predicted molar refractivity (Wildman–Crippen MR) is 109 cm³/mol. The van der Waals surface area contributed by atoms with Crippen molar-refractivity contribution in [3.63, 3.8) is 0 Å². The van der Waals surface area contributed by atoms with E-state index in [4.69, 9.17) is 9.72 Å². The Balaban J connectivity index is 1.38. The number of nitrogens with one attached hydrogen (secondary N) is 1. The highest BCUT2D eigenvalue weighted by molar-refractivity contribution is 6.23. The number of aryl methyl sites for hydroxylation is 1. The summed E-state index contributed by atoms with van der Waals surface area (Å²) in [5.74, 6) is 1.74. The van der Waals surface area contributed by atoms with Crippen LogP contribution in [0.5, 0.6) is 0 Å². The molecule has 0 aromatic carbocycles. The highest BCUT2D eigenvalue weighted by Crippen LogP contribution is 2.40. The fraction of sp³-hybridized carbons (Fsp3) is 0.368. The van der Waals surface area contributed by atoms with Crippen LogP contribution in [-0.4, -0.2) is 62.2 Å². The molecule has 11 heteroatoms. The highest BCUT2D eigenvalue weighted by Gasteiger charge is 2.43. The number of carbonyl (C=O) groups is 1. The zero-order valence-electron chi connectivity index (χ0n) is 16.3. The van der Waals surface area contributed by atoms with E-state index < -0.39 is 0 Å². The van der Waals surface area contributed by atoms with Crippen LogP contribution in [0.1, 0.15) is 18.4 Å². The molecule has 152 valence electrons. The maximum absolute atomic E-state index is 12.0. The Bertz CT molecular complexity index is 1200. The number of hydrogen-bond donors (Lipinski definition) is 1. The maximum atomic E-state index is 12.0. The summed E-state index contributed by atoms with van der Waals surface area (Å²) in [7, 11) is 0. The normalized spacial score (nSPS) is 18.7. The van der Waals surface area contributed by atoms with E-state index in [1.54, 1.807) is 10.7 Å². The number of nitrogens with zero attached hydrogens (tertiary/aromatic N) is 8. The van der Waals surface area contributed by atoms with E-state index in [0.717, 1.165) is 41.2 Å². The Labute approximate surface area is 171 Å². The SMILES string of the molecule is Cc1cc2ncnn2cc1Nc1ncc2c(n1)N(C1CCOCC1)C1=NC(=O)CN12. The van der Waals surface area contributed by atoms with Crippen molar-refractivity contribution in [1.82, 2.24) is 24.6 Å². The maximum Gasteiger partial charge on any atom is 0.268 e. The van der Waals surface area contributed by atoms with Crippen LogP contribution in [0.25, 0.3) is 5.65 Å². The Hall–Kier alpha value is -3.60. The molecule has 30 heavy (non-hydrogen) atoms. The zero-order chi connectivity index (χ0) is 20.2. The van der Waals surface area contributed by atoms with Crippen LogP contribution in [-0.2, 0) is 9.53 Å². The molecular formula is C19H19N9O2. The number of fused-ring (bicyclic) bond motifs is 4. The summed E-state index contributed by atoms with van der Waals surface area (Å²) in [6, 6.07) is 2.14. The largest absolute Gasteiger partial charge is 0.381 e. The van der Waals surface area contributed by atoms with Crippen molar-refractivity contribution >= 4 is 40.7 Å². The quantitative estimate of drug-likeness (QED) is 0.688. The average Bonchev–Trinajstić information content (AvgIpc) is 3.42. The number of ether oxygens (including phenoxy) is 1. The number of carbonyl (C=O) groups excluding carboxylic acids is 1. The average molecular weight is 405 g/mol. The second-order valence-electron chi connectivity index (χ2n) is 7.57. The summed E-state index contributed by atoms with van der Waals surface area (Å²) in [5.41, 5.74) is 3.44. The van der Waals surface area contributed by atoms with Crippen molar-refractivity contribution in [3.05, 3.63) is 30.4 Å². The molecule has 6 heterocycles. The minimum Gasteiger partial charge on any atom is -0.381 e. The lowest BCUT2D eigenvalue weighted by Crippen LogP contribution is -2.45. The third-order valence-corrected chi connectivity index (χ3v) is 5.67. The van der Waals surface area contributed by atoms with Crippen molar-refractivity contribution in [3.8, 4) is 0 Å². The van der Waals surface area contributed by atoms with Crippen LogP contribution in [0.2, 0.25) is 0 Å². The number of rotatable bonds is 3. The van der Waals surface area contributed by atoms with Gasteiger partial charge in [0.2, 0.25) is 11.9 Å². The number of anilines is 4. The fourth-order valence-electron chi connectivity index (χ4n) is 4.17. The minimum absolute atomic E-state index is 0.147. The molecule has 3 aromatic rings. The number of hydrogen-bond acceptors (Lipinski definition) is 9. The first kappa shape index (κ1) is 17.3. The van der Waals surface area contributed by atoms with Gasteiger partial charge in [0.15, 0.2) is 11.5 Å². The molecule has 0 spiro atoms. The summed E-state index contributed by atoms with van der Waals surface area (Å²) < 4.78 is 7.22. The van der Waals surface area contributed by atoms with Crippen LogP contribution in [0.3, 0.4) is 0 Å². The molecule has 6 rings (SSSR count). The van der Waals surface area contributed by atoms with Gasteiger partial charge >= 0.3 is 0 Å². The van der Waals surface area contributed by atoms with Crippen LogP contribution in [0.4, 0.5) is 23.1 Å². The smallest absolute Gasteiger partial charge is 0.268 e. The molecule has 11 nitrogen and oxygen atoms in total. The lowest BCUT2D eigenvalue weighted by molar-refractivity contribution is -0.115. The first-order chi connectivity index (χ1) is 14.7. The van der Waals surface area contributed by atoms with Crippen molar-refractivity contribution in [2.24, 2.45) is 4.99 Å². The molecule has 0 aliphatic carbocycles. The van der Waals surface area contributed by atoms with E-state index >= 15 is 0 Å². The Morgan fingerprint density at radius 3 is 2.97 bits per heavy atom. The molecule has 1 N–H and O–H groups in total. The second kappa shape index (κ2) is 6.46. The predicted octanol–water partition coefficient (Wildman–Crippen LogP) is 1.27. The van der Waals surface area contributed by atoms with Gasteiger partial charge in [-0.05, 0) is 31.4 Å². The lowest BCUT2D eigenvalue weighted by Gasteiger charge is -2.31. The van der Waals surface area contributed by atoms with Gasteiger partial charge in [0.05, 0.1) is 18.1 Å². The topological polar surface area (TPSA) is 113 Å². The molecule has 1 fully saturated rings. The molecule has 0 atom stereocenters. The number of amides is 1. The van der Waals surface area contributed by atoms with Crippen molar-refractivity contribution in [2.45, 2.75) is 25.8 Å². The van der Waals surface area contributed by atoms with Crippen LogP contribution < -0.4 is 15.1 Å². The van der Waals surface area contributed by atoms with E-state index in [1.807, 2.05) is 24.1 Å². The van der Waals surface area contributed by atoms with Crippen molar-refractivity contribution in [1.29, 1.82) is 0 Å². The number of guanidine groups is 1. The first-order valence-corrected chi connectivity index (χ1v) is 9.87. The first-order valence-electron chi connectivity index (χ1n) is 9.87. The van der Waals surface area contributed by atoms with E-state index in [1.165, 1.54) is 6.33 Å². The molecule has 0 saturated carbocycles. The van der Waals surface area contributed by atoms with Gasteiger partial charge < -0.3 is 10.1 Å². The number of aliphatic imine (C=N–C) groups is 1. The Morgan fingerprint density at radius 2 is 2.10 bits per heavy atom. The Kier molecular flexibility index (Phi) is 3.72. The van der Waals surface area contributed by atoms with Crippen molar-refractivity contribution in [2.75, 3.05) is 34.9 Å². The number of pyridine rings is 1. The van der Waals surface area contributed by atoms with E-state index in [0.29, 0.717) is 25.1 Å². The zero-order valence-corrected chi connectivity index (χ0v) is 16.3. The monoisotopic (exact) mass is 405 g/mol.